The number of fused-ring (bicyclic) bond motifs is 1. The Kier molecular flexibility index (Phi) is 6.67. The molecular formula is C22H25ClN4O2. The Morgan fingerprint density at radius 2 is 1.72 bits per heavy atom. The molecule has 7 heteroatoms. The van der Waals surface area contributed by atoms with Crippen LogP contribution in [-0.2, 0) is 7.05 Å². The first-order valence-electron chi connectivity index (χ1n) is 9.70. The van der Waals surface area contributed by atoms with E-state index in [1.165, 1.54) is 4.68 Å². The molecule has 0 unspecified atom stereocenters. The number of aryl methyl sites for hydroxylation is 1. The van der Waals surface area contributed by atoms with Gasteiger partial charge in [-0.2, -0.15) is 5.10 Å². The molecule has 1 N–H and O–H groups in total. The van der Waals surface area contributed by atoms with Gasteiger partial charge in [0.2, 0.25) is 0 Å². The van der Waals surface area contributed by atoms with E-state index in [4.69, 9.17) is 11.6 Å². The van der Waals surface area contributed by atoms with E-state index in [9.17, 15) is 9.59 Å². The lowest BCUT2D eigenvalue weighted by Crippen LogP contribution is -2.39. The molecule has 0 bridgehead atoms. The molecule has 6 nitrogen and oxygen atoms in total. The topological polar surface area (TPSA) is 67.2 Å². The third-order valence-corrected chi connectivity index (χ3v) is 5.49. The van der Waals surface area contributed by atoms with Crippen LogP contribution in [0.25, 0.3) is 10.8 Å². The molecule has 1 aromatic heterocycles. The summed E-state index contributed by atoms with van der Waals surface area (Å²) in [5.74, 6) is -0.319. The van der Waals surface area contributed by atoms with E-state index >= 15 is 0 Å². The maximum atomic E-state index is 13.0. The van der Waals surface area contributed by atoms with Crippen LogP contribution in [0.15, 0.2) is 53.3 Å². The minimum atomic E-state index is -0.319. The average Bonchev–Trinajstić information content (AvgIpc) is 2.74. The van der Waals surface area contributed by atoms with Crippen molar-refractivity contribution < 1.29 is 4.79 Å². The Bertz CT molecular complexity index is 1080. The third kappa shape index (κ3) is 4.33. The van der Waals surface area contributed by atoms with Gasteiger partial charge in [-0.25, -0.2) is 4.68 Å². The minimum absolute atomic E-state index is 0.0681. The highest BCUT2D eigenvalue weighted by atomic mass is 35.5. The van der Waals surface area contributed by atoms with Crippen molar-refractivity contribution in [2.24, 2.45) is 7.05 Å². The molecule has 0 aliphatic rings. The number of hydrogen-bond donors (Lipinski definition) is 1. The van der Waals surface area contributed by atoms with Gasteiger partial charge in [0.25, 0.3) is 11.5 Å². The fourth-order valence-corrected chi connectivity index (χ4v) is 3.85. The van der Waals surface area contributed by atoms with Crippen LogP contribution in [0.5, 0.6) is 0 Å². The molecule has 152 valence electrons. The lowest BCUT2D eigenvalue weighted by Gasteiger charge is -2.30. The standard InChI is InChI=1S/C22H25ClN4O2/c1-4-27(5-2)19(17-12-8-9-13-18(17)23)14-24-21(28)20-15-10-6-7-11-16(15)22(29)26(3)25-20/h6-13,19H,4-5,14H2,1-3H3,(H,24,28)/t19-/m0/s1. The van der Waals surface area contributed by atoms with Crippen LogP contribution in [0.3, 0.4) is 0 Å². The number of carbonyl (C=O) groups is 1. The predicted molar refractivity (Wildman–Crippen MR) is 116 cm³/mol. The van der Waals surface area contributed by atoms with E-state index in [1.54, 1.807) is 31.3 Å². The summed E-state index contributed by atoms with van der Waals surface area (Å²) in [7, 11) is 1.55. The van der Waals surface area contributed by atoms with Gasteiger partial charge in [-0.1, -0.05) is 61.8 Å². The largest absolute Gasteiger partial charge is 0.349 e. The van der Waals surface area contributed by atoms with Gasteiger partial charge < -0.3 is 5.32 Å². The number of nitrogens with zero attached hydrogens (tertiary/aromatic N) is 3. The van der Waals surface area contributed by atoms with Gasteiger partial charge in [-0.05, 0) is 30.8 Å². The van der Waals surface area contributed by atoms with Crippen LogP contribution >= 0.6 is 11.6 Å². The van der Waals surface area contributed by atoms with Gasteiger partial charge in [0.1, 0.15) is 0 Å². The number of halogens is 1. The summed E-state index contributed by atoms with van der Waals surface area (Å²) in [5.41, 5.74) is 0.978. The highest BCUT2D eigenvalue weighted by molar-refractivity contribution is 6.31. The summed E-state index contributed by atoms with van der Waals surface area (Å²) < 4.78 is 1.20. The van der Waals surface area contributed by atoms with Crippen LogP contribution in [0.1, 0.15) is 35.9 Å². The number of likely N-dealkylation sites (N-methyl/N-ethyl adjacent to an activating group) is 1. The van der Waals surface area contributed by atoms with E-state index < -0.39 is 0 Å². The second kappa shape index (κ2) is 9.20. The molecule has 0 aliphatic carbocycles. The Hall–Kier alpha value is -2.70. The van der Waals surface area contributed by atoms with Crippen LogP contribution in [0.2, 0.25) is 5.02 Å². The van der Waals surface area contributed by atoms with Gasteiger partial charge in [-0.15, -0.1) is 0 Å². The first-order valence-corrected chi connectivity index (χ1v) is 10.1. The van der Waals surface area contributed by atoms with Crippen molar-refractivity contribution >= 4 is 28.3 Å². The zero-order valence-corrected chi connectivity index (χ0v) is 17.6. The highest BCUT2D eigenvalue weighted by Gasteiger charge is 2.22. The van der Waals surface area contributed by atoms with Gasteiger partial charge in [0.05, 0.1) is 11.4 Å². The second-order valence-electron chi connectivity index (χ2n) is 6.79. The molecule has 3 aromatic rings. The normalized spacial score (nSPS) is 12.3. The fourth-order valence-electron chi connectivity index (χ4n) is 3.59. The number of rotatable bonds is 7. The predicted octanol–water partition coefficient (Wildman–Crippen LogP) is 3.40. The number of amides is 1. The number of benzene rings is 2. The first kappa shape index (κ1) is 21.0. The monoisotopic (exact) mass is 412 g/mol. The van der Waals surface area contributed by atoms with Gasteiger partial charge in [0, 0.05) is 24.0 Å². The van der Waals surface area contributed by atoms with Crippen LogP contribution < -0.4 is 10.9 Å². The molecule has 1 atom stereocenters. The van der Waals surface area contributed by atoms with Crippen molar-refractivity contribution in [2.75, 3.05) is 19.6 Å². The summed E-state index contributed by atoms with van der Waals surface area (Å²) in [6.45, 7) is 6.18. The summed E-state index contributed by atoms with van der Waals surface area (Å²) in [6, 6.07) is 14.6. The molecule has 1 amide bonds. The zero-order chi connectivity index (χ0) is 21.0. The Morgan fingerprint density at radius 1 is 1.10 bits per heavy atom. The number of hydrogen-bond acceptors (Lipinski definition) is 4. The maximum absolute atomic E-state index is 13.0. The number of aromatic nitrogens is 2. The van der Waals surface area contributed by atoms with E-state index in [0.29, 0.717) is 22.3 Å². The van der Waals surface area contributed by atoms with Crippen molar-refractivity contribution in [1.82, 2.24) is 20.0 Å². The summed E-state index contributed by atoms with van der Waals surface area (Å²) in [4.78, 5) is 27.6. The number of nitrogens with one attached hydrogen (secondary N) is 1. The summed E-state index contributed by atoms with van der Waals surface area (Å²) in [6.07, 6.45) is 0. The smallest absolute Gasteiger partial charge is 0.274 e. The molecule has 1 heterocycles. The van der Waals surface area contributed by atoms with Crippen LogP contribution in [0, 0.1) is 0 Å². The molecule has 0 radical (unpaired) electrons. The van der Waals surface area contributed by atoms with Gasteiger partial charge in [-0.3, -0.25) is 14.5 Å². The molecule has 0 fully saturated rings. The van der Waals surface area contributed by atoms with Crippen molar-refractivity contribution in [2.45, 2.75) is 19.9 Å². The molecule has 0 aliphatic heterocycles. The van der Waals surface area contributed by atoms with Gasteiger partial charge >= 0.3 is 0 Å². The summed E-state index contributed by atoms with van der Waals surface area (Å²) >= 11 is 6.44. The van der Waals surface area contributed by atoms with E-state index in [-0.39, 0.29) is 23.2 Å². The quantitative estimate of drug-likeness (QED) is 0.645. The molecule has 29 heavy (non-hydrogen) atoms. The molecule has 3 rings (SSSR count). The van der Waals surface area contributed by atoms with E-state index in [2.05, 4.69) is 29.2 Å². The molecule has 0 spiro atoms. The van der Waals surface area contributed by atoms with Crippen molar-refractivity contribution in [3.8, 4) is 0 Å². The summed E-state index contributed by atoms with van der Waals surface area (Å²) in [5, 5.41) is 8.89. The van der Waals surface area contributed by atoms with Crippen molar-refractivity contribution in [1.29, 1.82) is 0 Å². The molecule has 0 saturated carbocycles. The van der Waals surface area contributed by atoms with Gasteiger partial charge in [0.15, 0.2) is 5.69 Å². The molecule has 0 saturated heterocycles. The Morgan fingerprint density at radius 3 is 2.38 bits per heavy atom. The van der Waals surface area contributed by atoms with Crippen LogP contribution in [0.4, 0.5) is 0 Å². The SMILES string of the molecule is CCN(CC)[C@@H](CNC(=O)c1nn(C)c(=O)c2ccccc12)c1ccccc1Cl. The lowest BCUT2D eigenvalue weighted by atomic mass is 10.0. The fraction of sp³-hybridized carbons (Fsp3) is 0.318. The second-order valence-corrected chi connectivity index (χ2v) is 7.20. The van der Waals surface area contributed by atoms with Crippen LogP contribution in [-0.4, -0.2) is 40.2 Å². The third-order valence-electron chi connectivity index (χ3n) is 5.14. The molecular weight excluding hydrogens is 388 g/mol. The highest BCUT2D eigenvalue weighted by Crippen LogP contribution is 2.27. The van der Waals surface area contributed by atoms with E-state index in [1.807, 2.05) is 24.3 Å². The van der Waals surface area contributed by atoms with Crippen molar-refractivity contribution in [3.63, 3.8) is 0 Å². The zero-order valence-electron chi connectivity index (χ0n) is 16.9. The van der Waals surface area contributed by atoms with E-state index in [0.717, 1.165) is 18.7 Å². The Labute approximate surface area is 175 Å². The first-order chi connectivity index (χ1) is 14.0. The lowest BCUT2D eigenvalue weighted by molar-refractivity contribution is 0.0929. The Balaban J connectivity index is 1.92. The average molecular weight is 413 g/mol. The minimum Gasteiger partial charge on any atom is -0.349 e. The van der Waals surface area contributed by atoms with Crippen molar-refractivity contribution in [3.05, 3.63) is 75.2 Å². The molecule has 2 aromatic carbocycles. The maximum Gasteiger partial charge on any atom is 0.274 e. The number of carbonyl (C=O) groups excluding carboxylic acids is 1.